The van der Waals surface area contributed by atoms with Crippen molar-refractivity contribution in [1.29, 1.82) is 0 Å². The predicted octanol–water partition coefficient (Wildman–Crippen LogP) is 3.36. The van der Waals surface area contributed by atoms with Crippen LogP contribution in [-0.4, -0.2) is 4.98 Å². The van der Waals surface area contributed by atoms with Crippen molar-refractivity contribution in [2.45, 2.75) is 6.92 Å². The molecule has 0 bridgehead atoms. The van der Waals surface area contributed by atoms with Crippen LogP contribution in [0.1, 0.15) is 5.56 Å². The van der Waals surface area contributed by atoms with Crippen LogP contribution in [0.4, 0.5) is 0 Å². The number of halogens is 2. The molecule has 2 nitrogen and oxygen atoms in total. The van der Waals surface area contributed by atoms with Crippen LogP contribution in [0.25, 0.3) is 10.9 Å². The van der Waals surface area contributed by atoms with Gasteiger partial charge in [-0.25, -0.2) is 0 Å². The number of nitrogens with one attached hydrogen (secondary N) is 1. The van der Waals surface area contributed by atoms with E-state index in [0.29, 0.717) is 4.47 Å². The van der Waals surface area contributed by atoms with Gasteiger partial charge in [0.1, 0.15) is 0 Å². The first kappa shape index (κ1) is 9.93. The van der Waals surface area contributed by atoms with Crippen molar-refractivity contribution >= 4 is 42.8 Å². The molecule has 1 heterocycles. The first-order valence-electron chi connectivity index (χ1n) is 4.07. The molecule has 0 unspecified atom stereocenters. The second kappa shape index (κ2) is 3.51. The molecule has 4 heteroatoms. The largest absolute Gasteiger partial charge is 0.321 e. The molecule has 0 amide bonds. The van der Waals surface area contributed by atoms with E-state index in [0.717, 1.165) is 20.9 Å². The van der Waals surface area contributed by atoms with Gasteiger partial charge in [-0.05, 0) is 46.6 Å². The number of benzene rings is 1. The Kier molecular flexibility index (Phi) is 2.49. The summed E-state index contributed by atoms with van der Waals surface area (Å²) in [5, 5.41) is 1.05. The molecule has 2 aromatic rings. The number of pyridine rings is 1. The van der Waals surface area contributed by atoms with Gasteiger partial charge < -0.3 is 4.98 Å². The topological polar surface area (TPSA) is 32.9 Å². The maximum atomic E-state index is 11.4. The summed E-state index contributed by atoms with van der Waals surface area (Å²) in [4.78, 5) is 14.2. The number of hydrogen-bond acceptors (Lipinski definition) is 1. The first-order valence-corrected chi connectivity index (χ1v) is 5.66. The zero-order chi connectivity index (χ0) is 10.3. The van der Waals surface area contributed by atoms with E-state index in [-0.39, 0.29) is 5.56 Å². The molecule has 1 N–H and O–H groups in total. The van der Waals surface area contributed by atoms with E-state index in [1.54, 1.807) is 0 Å². The maximum absolute atomic E-state index is 11.4. The quantitative estimate of drug-likeness (QED) is 0.794. The third-order valence-electron chi connectivity index (χ3n) is 2.16. The number of fused-ring (bicyclic) bond motifs is 1. The number of hydrogen-bond donors (Lipinski definition) is 1. The Morgan fingerprint density at radius 2 is 2.00 bits per heavy atom. The van der Waals surface area contributed by atoms with Crippen LogP contribution in [0, 0.1) is 6.92 Å². The Bertz CT molecular complexity index is 560. The lowest BCUT2D eigenvalue weighted by atomic mass is 10.1. The molecule has 1 aromatic heterocycles. The minimum absolute atomic E-state index is 0.0858. The Labute approximate surface area is 97.6 Å². The summed E-state index contributed by atoms with van der Waals surface area (Å²) in [5.41, 5.74) is 1.74. The van der Waals surface area contributed by atoms with Crippen molar-refractivity contribution in [3.05, 3.63) is 43.1 Å². The van der Waals surface area contributed by atoms with Gasteiger partial charge in [-0.3, -0.25) is 4.79 Å². The van der Waals surface area contributed by atoms with Crippen molar-refractivity contribution in [1.82, 2.24) is 4.98 Å². The average molecular weight is 317 g/mol. The highest BCUT2D eigenvalue weighted by atomic mass is 79.9. The lowest BCUT2D eigenvalue weighted by Gasteiger charge is -2.04. The molecule has 0 radical (unpaired) electrons. The molecule has 1 aromatic carbocycles. The molecule has 0 aliphatic carbocycles. The summed E-state index contributed by atoms with van der Waals surface area (Å²) < 4.78 is 1.61. The summed E-state index contributed by atoms with van der Waals surface area (Å²) in [6.07, 6.45) is 0. The molecule has 0 saturated heterocycles. The summed E-state index contributed by atoms with van der Waals surface area (Å²) >= 11 is 6.67. The Morgan fingerprint density at radius 1 is 1.29 bits per heavy atom. The van der Waals surface area contributed by atoms with Gasteiger partial charge in [-0.1, -0.05) is 15.9 Å². The molecule has 72 valence electrons. The van der Waals surface area contributed by atoms with E-state index >= 15 is 0 Å². The highest BCUT2D eigenvalue weighted by Crippen LogP contribution is 2.23. The molecular formula is C10H7Br2NO. The highest BCUT2D eigenvalue weighted by molar-refractivity contribution is 9.10. The van der Waals surface area contributed by atoms with Crippen molar-refractivity contribution in [3.8, 4) is 0 Å². The molecule has 0 aliphatic heterocycles. The number of aromatic amines is 1. The Balaban J connectivity index is 2.99. The van der Waals surface area contributed by atoms with Crippen molar-refractivity contribution in [3.63, 3.8) is 0 Å². The molecule has 0 saturated carbocycles. The van der Waals surface area contributed by atoms with Crippen LogP contribution in [0.15, 0.2) is 31.9 Å². The van der Waals surface area contributed by atoms with E-state index in [1.165, 1.54) is 0 Å². The summed E-state index contributed by atoms with van der Waals surface area (Å²) in [7, 11) is 0. The standard InChI is InChI=1S/C10H7Br2NO/c1-5-7-4-6(11)2-3-8(7)13-10(14)9(5)12/h2-4H,1H3,(H,13,14). The van der Waals surface area contributed by atoms with Gasteiger partial charge in [-0.2, -0.15) is 0 Å². The summed E-state index contributed by atoms with van der Waals surface area (Å²) in [5.74, 6) is 0. The molecule has 0 fully saturated rings. The van der Waals surface area contributed by atoms with Gasteiger partial charge in [0.15, 0.2) is 0 Å². The number of rotatable bonds is 0. The van der Waals surface area contributed by atoms with Crippen LogP contribution >= 0.6 is 31.9 Å². The van der Waals surface area contributed by atoms with E-state index in [9.17, 15) is 4.79 Å². The fourth-order valence-electron chi connectivity index (χ4n) is 1.40. The SMILES string of the molecule is Cc1c(Br)c(=O)[nH]c2ccc(Br)cc12. The van der Waals surface area contributed by atoms with Crippen molar-refractivity contribution in [2.75, 3.05) is 0 Å². The summed E-state index contributed by atoms with van der Waals surface area (Å²) in [6, 6.07) is 5.79. The van der Waals surface area contributed by atoms with E-state index in [1.807, 2.05) is 25.1 Å². The lowest BCUT2D eigenvalue weighted by molar-refractivity contribution is 1.25. The second-order valence-electron chi connectivity index (χ2n) is 3.08. The Hall–Kier alpha value is -0.610. The monoisotopic (exact) mass is 315 g/mol. The molecule has 0 atom stereocenters. The average Bonchev–Trinajstić information content (AvgIpc) is 2.16. The predicted molar refractivity (Wildman–Crippen MR) is 64.7 cm³/mol. The molecule has 0 aliphatic rings. The van der Waals surface area contributed by atoms with Gasteiger partial charge in [0.25, 0.3) is 5.56 Å². The maximum Gasteiger partial charge on any atom is 0.263 e. The molecule has 14 heavy (non-hydrogen) atoms. The Morgan fingerprint density at radius 3 is 2.71 bits per heavy atom. The minimum atomic E-state index is -0.0858. The zero-order valence-corrected chi connectivity index (χ0v) is 10.6. The van der Waals surface area contributed by atoms with Crippen LogP contribution in [0.5, 0.6) is 0 Å². The molecule has 2 rings (SSSR count). The van der Waals surface area contributed by atoms with Gasteiger partial charge in [0, 0.05) is 15.4 Å². The third kappa shape index (κ3) is 1.53. The van der Waals surface area contributed by atoms with Gasteiger partial charge in [0.05, 0.1) is 4.47 Å². The molecule has 0 spiro atoms. The summed E-state index contributed by atoms with van der Waals surface area (Å²) in [6.45, 7) is 1.92. The van der Waals surface area contributed by atoms with E-state index in [2.05, 4.69) is 36.8 Å². The normalized spacial score (nSPS) is 10.8. The van der Waals surface area contributed by atoms with Crippen LogP contribution in [0.3, 0.4) is 0 Å². The molecular weight excluding hydrogens is 310 g/mol. The number of aromatic nitrogens is 1. The van der Waals surface area contributed by atoms with E-state index < -0.39 is 0 Å². The fourth-order valence-corrected chi connectivity index (χ4v) is 2.08. The van der Waals surface area contributed by atoms with Crippen molar-refractivity contribution in [2.24, 2.45) is 0 Å². The van der Waals surface area contributed by atoms with Crippen molar-refractivity contribution < 1.29 is 0 Å². The van der Waals surface area contributed by atoms with Gasteiger partial charge >= 0.3 is 0 Å². The zero-order valence-electron chi connectivity index (χ0n) is 7.40. The van der Waals surface area contributed by atoms with Gasteiger partial charge in [-0.15, -0.1) is 0 Å². The van der Waals surface area contributed by atoms with Crippen LogP contribution < -0.4 is 5.56 Å². The van der Waals surface area contributed by atoms with E-state index in [4.69, 9.17) is 0 Å². The second-order valence-corrected chi connectivity index (χ2v) is 4.79. The highest BCUT2D eigenvalue weighted by Gasteiger charge is 2.05. The van der Waals surface area contributed by atoms with Gasteiger partial charge in [0.2, 0.25) is 0 Å². The smallest absolute Gasteiger partial charge is 0.263 e. The van der Waals surface area contributed by atoms with Crippen LogP contribution in [0.2, 0.25) is 0 Å². The third-order valence-corrected chi connectivity index (χ3v) is 3.61. The minimum Gasteiger partial charge on any atom is -0.321 e. The lowest BCUT2D eigenvalue weighted by Crippen LogP contribution is -2.08. The number of H-pyrrole nitrogens is 1. The fraction of sp³-hybridized carbons (Fsp3) is 0.100. The number of aryl methyl sites for hydroxylation is 1. The van der Waals surface area contributed by atoms with Crippen LogP contribution in [-0.2, 0) is 0 Å². The first-order chi connectivity index (χ1) is 6.59.